The quantitative estimate of drug-likeness (QED) is 0.832. The van der Waals surface area contributed by atoms with Crippen molar-refractivity contribution < 1.29 is 14.3 Å². The molecule has 0 aliphatic carbocycles. The van der Waals surface area contributed by atoms with Crippen molar-refractivity contribution in [3.63, 3.8) is 0 Å². The molecule has 25 heavy (non-hydrogen) atoms. The average molecular weight is 344 g/mol. The van der Waals surface area contributed by atoms with E-state index in [0.717, 1.165) is 24.4 Å². The predicted octanol–water partition coefficient (Wildman–Crippen LogP) is 1.69. The first-order valence-electron chi connectivity index (χ1n) is 8.47. The second-order valence-electron chi connectivity index (χ2n) is 6.23. The van der Waals surface area contributed by atoms with Crippen LogP contribution in [-0.2, 0) is 23.2 Å². The molecule has 1 atom stereocenters. The van der Waals surface area contributed by atoms with Gasteiger partial charge in [-0.2, -0.15) is 0 Å². The minimum atomic E-state index is -0.511. The Labute approximate surface area is 147 Å². The van der Waals surface area contributed by atoms with Gasteiger partial charge in [-0.3, -0.25) is 4.79 Å². The molecule has 7 nitrogen and oxygen atoms in total. The van der Waals surface area contributed by atoms with Crippen LogP contribution in [0, 0.1) is 5.92 Å². The minimum absolute atomic E-state index is 0.159. The number of amides is 1. The zero-order chi connectivity index (χ0) is 17.6. The molecule has 2 aromatic rings. The van der Waals surface area contributed by atoms with Gasteiger partial charge in [0.1, 0.15) is 18.2 Å². The van der Waals surface area contributed by atoms with E-state index in [-0.39, 0.29) is 11.8 Å². The molecule has 2 heterocycles. The molecule has 0 saturated carbocycles. The van der Waals surface area contributed by atoms with Crippen molar-refractivity contribution in [1.82, 2.24) is 9.55 Å². The molecule has 1 saturated heterocycles. The Morgan fingerprint density at radius 3 is 2.76 bits per heavy atom. The van der Waals surface area contributed by atoms with E-state index in [1.165, 1.54) is 0 Å². The number of nitrogens with two attached hydrogens (primary N) is 1. The SMILES string of the molecule is Cn1ccnc1COc1ccc(NC(=O)C(N)C2CCOCC2)cc1. The molecule has 1 amide bonds. The largest absolute Gasteiger partial charge is 0.486 e. The van der Waals surface area contributed by atoms with Gasteiger partial charge in [0.15, 0.2) is 0 Å². The molecule has 134 valence electrons. The number of nitrogens with one attached hydrogen (secondary N) is 1. The first-order valence-corrected chi connectivity index (χ1v) is 8.47. The maximum absolute atomic E-state index is 12.3. The lowest BCUT2D eigenvalue weighted by Gasteiger charge is -2.26. The second kappa shape index (κ2) is 8.13. The van der Waals surface area contributed by atoms with Crippen LogP contribution in [0.5, 0.6) is 5.75 Å². The molecule has 3 rings (SSSR count). The lowest BCUT2D eigenvalue weighted by molar-refractivity contribution is -0.119. The molecular formula is C18H24N4O3. The number of ether oxygens (including phenoxy) is 2. The zero-order valence-corrected chi connectivity index (χ0v) is 14.4. The van der Waals surface area contributed by atoms with Crippen molar-refractivity contribution >= 4 is 11.6 Å². The van der Waals surface area contributed by atoms with Gasteiger partial charge < -0.3 is 25.1 Å². The maximum Gasteiger partial charge on any atom is 0.241 e. The molecule has 1 aromatic heterocycles. The van der Waals surface area contributed by atoms with Crippen LogP contribution < -0.4 is 15.8 Å². The molecule has 1 aliphatic rings. The summed E-state index contributed by atoms with van der Waals surface area (Å²) in [5.41, 5.74) is 6.79. The van der Waals surface area contributed by atoms with Crippen LogP contribution in [0.15, 0.2) is 36.7 Å². The van der Waals surface area contributed by atoms with E-state index in [2.05, 4.69) is 10.3 Å². The summed E-state index contributed by atoms with van der Waals surface area (Å²) in [6.07, 6.45) is 5.26. The van der Waals surface area contributed by atoms with Crippen molar-refractivity contribution in [2.45, 2.75) is 25.5 Å². The summed E-state index contributed by atoms with van der Waals surface area (Å²) < 4.78 is 12.9. The van der Waals surface area contributed by atoms with Crippen LogP contribution in [0.1, 0.15) is 18.7 Å². The fourth-order valence-corrected chi connectivity index (χ4v) is 2.83. The normalized spacial score (nSPS) is 16.4. The summed E-state index contributed by atoms with van der Waals surface area (Å²) in [5, 5.41) is 2.87. The third-order valence-electron chi connectivity index (χ3n) is 4.49. The monoisotopic (exact) mass is 344 g/mol. The standard InChI is InChI=1S/C18H24N4O3/c1-22-9-8-20-16(22)12-25-15-4-2-14(3-5-15)21-18(23)17(19)13-6-10-24-11-7-13/h2-5,8-9,13,17H,6-7,10-12,19H2,1H3,(H,21,23). The van der Waals surface area contributed by atoms with Gasteiger partial charge in [-0.25, -0.2) is 4.98 Å². The number of anilines is 1. The van der Waals surface area contributed by atoms with Crippen LogP contribution in [0.25, 0.3) is 0 Å². The molecule has 7 heteroatoms. The molecule has 3 N–H and O–H groups in total. The smallest absolute Gasteiger partial charge is 0.241 e. The predicted molar refractivity (Wildman–Crippen MR) is 94.1 cm³/mol. The van der Waals surface area contributed by atoms with Gasteiger partial charge in [0.2, 0.25) is 5.91 Å². The van der Waals surface area contributed by atoms with Crippen LogP contribution in [-0.4, -0.2) is 34.7 Å². The molecule has 1 aromatic carbocycles. The summed E-state index contributed by atoms with van der Waals surface area (Å²) in [6.45, 7) is 1.74. The van der Waals surface area contributed by atoms with E-state index in [1.807, 2.05) is 42.1 Å². The molecular weight excluding hydrogens is 320 g/mol. The van der Waals surface area contributed by atoms with Gasteiger partial charge >= 0.3 is 0 Å². The number of carbonyl (C=O) groups excluding carboxylic acids is 1. The Bertz CT molecular complexity index is 693. The minimum Gasteiger partial charge on any atom is -0.486 e. The fourth-order valence-electron chi connectivity index (χ4n) is 2.83. The lowest BCUT2D eigenvalue weighted by Crippen LogP contribution is -2.43. The highest BCUT2D eigenvalue weighted by Crippen LogP contribution is 2.20. The van der Waals surface area contributed by atoms with Gasteiger partial charge in [0.05, 0.1) is 6.04 Å². The van der Waals surface area contributed by atoms with Crippen LogP contribution in [0.3, 0.4) is 0 Å². The Balaban J connectivity index is 1.51. The summed E-state index contributed by atoms with van der Waals surface area (Å²) >= 11 is 0. The van der Waals surface area contributed by atoms with Gasteiger partial charge in [-0.15, -0.1) is 0 Å². The number of imidazole rings is 1. The number of aryl methyl sites for hydroxylation is 1. The number of hydrogen-bond donors (Lipinski definition) is 2. The van der Waals surface area contributed by atoms with E-state index in [4.69, 9.17) is 15.2 Å². The lowest BCUT2D eigenvalue weighted by atomic mass is 9.92. The zero-order valence-electron chi connectivity index (χ0n) is 14.4. The molecule has 1 unspecified atom stereocenters. The number of benzene rings is 1. The Morgan fingerprint density at radius 2 is 2.12 bits per heavy atom. The van der Waals surface area contributed by atoms with Crippen LogP contribution in [0.2, 0.25) is 0 Å². The first kappa shape index (κ1) is 17.4. The third kappa shape index (κ3) is 4.58. The number of aromatic nitrogens is 2. The Hall–Kier alpha value is -2.38. The number of carbonyl (C=O) groups is 1. The highest BCUT2D eigenvalue weighted by molar-refractivity contribution is 5.94. The van der Waals surface area contributed by atoms with Gasteiger partial charge in [-0.05, 0) is 43.0 Å². The highest BCUT2D eigenvalue weighted by atomic mass is 16.5. The summed E-state index contributed by atoms with van der Waals surface area (Å²) in [6, 6.07) is 6.74. The number of hydrogen-bond acceptors (Lipinski definition) is 5. The third-order valence-corrected chi connectivity index (χ3v) is 4.49. The summed E-state index contributed by atoms with van der Waals surface area (Å²) in [5.74, 6) is 1.58. The van der Waals surface area contributed by atoms with E-state index < -0.39 is 6.04 Å². The number of nitrogens with zero attached hydrogens (tertiary/aromatic N) is 2. The van der Waals surface area contributed by atoms with Crippen molar-refractivity contribution in [1.29, 1.82) is 0 Å². The molecule has 0 bridgehead atoms. The van der Waals surface area contributed by atoms with E-state index in [0.29, 0.717) is 25.5 Å². The van der Waals surface area contributed by atoms with Gasteiger partial charge in [-0.1, -0.05) is 0 Å². The van der Waals surface area contributed by atoms with Crippen molar-refractivity contribution in [2.24, 2.45) is 18.7 Å². The van der Waals surface area contributed by atoms with Gasteiger partial charge in [0.25, 0.3) is 0 Å². The first-order chi connectivity index (χ1) is 12.1. The van der Waals surface area contributed by atoms with E-state index in [1.54, 1.807) is 6.20 Å². The van der Waals surface area contributed by atoms with E-state index in [9.17, 15) is 4.79 Å². The summed E-state index contributed by atoms with van der Waals surface area (Å²) in [4.78, 5) is 16.5. The van der Waals surface area contributed by atoms with E-state index >= 15 is 0 Å². The second-order valence-corrected chi connectivity index (χ2v) is 6.23. The topological polar surface area (TPSA) is 91.4 Å². The Morgan fingerprint density at radius 1 is 1.40 bits per heavy atom. The van der Waals surface area contributed by atoms with Crippen molar-refractivity contribution in [3.05, 3.63) is 42.5 Å². The molecule has 1 fully saturated rings. The Kier molecular flexibility index (Phi) is 5.67. The van der Waals surface area contributed by atoms with Crippen molar-refractivity contribution in [2.75, 3.05) is 18.5 Å². The molecule has 1 aliphatic heterocycles. The molecule has 0 spiro atoms. The fraction of sp³-hybridized carbons (Fsp3) is 0.444. The van der Waals surface area contributed by atoms with Crippen LogP contribution in [0.4, 0.5) is 5.69 Å². The average Bonchev–Trinajstić information content (AvgIpc) is 3.06. The number of rotatable bonds is 6. The van der Waals surface area contributed by atoms with Crippen LogP contribution >= 0.6 is 0 Å². The van der Waals surface area contributed by atoms with Crippen molar-refractivity contribution in [3.8, 4) is 5.75 Å². The maximum atomic E-state index is 12.3. The van der Waals surface area contributed by atoms with Gasteiger partial charge in [0, 0.05) is 38.3 Å². The highest BCUT2D eigenvalue weighted by Gasteiger charge is 2.26. The molecule has 0 radical (unpaired) electrons. The summed E-state index contributed by atoms with van der Waals surface area (Å²) in [7, 11) is 1.92.